The van der Waals surface area contributed by atoms with Crippen LogP contribution in [0.1, 0.15) is 24.3 Å². The molecule has 0 bridgehead atoms. The van der Waals surface area contributed by atoms with Crippen LogP contribution in [0, 0.1) is 10.1 Å². The maximum Gasteiger partial charge on any atom is 0.395 e. The summed E-state index contributed by atoms with van der Waals surface area (Å²) in [5.41, 5.74) is 0.288. The Morgan fingerprint density at radius 2 is 2.06 bits per heavy atom. The van der Waals surface area contributed by atoms with Gasteiger partial charge < -0.3 is 4.98 Å². The minimum absolute atomic E-state index is 0.0991. The maximum absolute atomic E-state index is 11.6. The van der Waals surface area contributed by atoms with Gasteiger partial charge in [0.15, 0.2) is 0 Å². The second-order valence-electron chi connectivity index (χ2n) is 3.08. The van der Waals surface area contributed by atoms with E-state index in [1.807, 2.05) is 13.8 Å². The first-order chi connectivity index (χ1) is 8.61. The van der Waals surface area contributed by atoms with E-state index < -0.39 is 10.9 Å². The van der Waals surface area contributed by atoms with Crippen molar-refractivity contribution < 1.29 is 19.2 Å². The quantitative estimate of drug-likeness (QED) is 0.658. The number of aromatic amines is 1. The van der Waals surface area contributed by atoms with Crippen molar-refractivity contribution >= 4 is 22.6 Å². The lowest BCUT2D eigenvalue weighted by Gasteiger charge is -1.90. The minimum atomic E-state index is -1.17. The predicted octanol–water partition coefficient (Wildman–Crippen LogP) is 3.14. The van der Waals surface area contributed by atoms with Crippen molar-refractivity contribution in [3.63, 3.8) is 0 Å². The number of fused-ring (bicyclic) bond motifs is 1. The number of nitro groups is 1. The van der Waals surface area contributed by atoms with Crippen molar-refractivity contribution in [2.24, 2.45) is 0 Å². The van der Waals surface area contributed by atoms with E-state index in [4.69, 9.17) is 0 Å². The third-order valence-corrected chi connectivity index (χ3v) is 2.11. The highest BCUT2D eigenvalue weighted by atomic mass is 19.3. The summed E-state index contributed by atoms with van der Waals surface area (Å²) in [5.74, 6) is -1.17. The van der Waals surface area contributed by atoms with Crippen LogP contribution in [0.2, 0.25) is 0 Å². The summed E-state index contributed by atoms with van der Waals surface area (Å²) in [5, 5.41) is 10.9. The second kappa shape index (κ2) is 5.76. The Bertz CT molecular complexity index is 579. The summed E-state index contributed by atoms with van der Waals surface area (Å²) in [7, 11) is 0. The zero-order valence-electron chi connectivity index (χ0n) is 9.77. The number of carbonyl (C=O) groups excluding carboxylic acids is 1. The van der Waals surface area contributed by atoms with Crippen LogP contribution >= 0.6 is 0 Å². The number of aromatic nitrogens is 1. The van der Waals surface area contributed by atoms with E-state index in [0.29, 0.717) is 10.9 Å². The molecule has 0 aliphatic heterocycles. The van der Waals surface area contributed by atoms with Gasteiger partial charge in [0.05, 0.1) is 4.92 Å². The number of nitrogens with one attached hydrogen (secondary N) is 1. The molecule has 6 nitrogen and oxygen atoms in total. The highest BCUT2D eigenvalue weighted by molar-refractivity contribution is 5.95. The number of H-pyrrole nitrogens is 1. The zero-order chi connectivity index (χ0) is 13.7. The van der Waals surface area contributed by atoms with E-state index in [-0.39, 0.29) is 11.4 Å². The van der Waals surface area contributed by atoms with Gasteiger partial charge >= 0.3 is 5.97 Å². The second-order valence-corrected chi connectivity index (χ2v) is 3.08. The summed E-state index contributed by atoms with van der Waals surface area (Å²) in [6.07, 6.45) is 0. The number of rotatable bonds is 2. The normalized spacial score (nSPS) is 9.50. The Labute approximate surface area is 101 Å². The first-order valence-electron chi connectivity index (χ1n) is 5.22. The number of halogens is 1. The van der Waals surface area contributed by atoms with E-state index in [1.165, 1.54) is 24.3 Å². The maximum atomic E-state index is 11.6. The highest BCUT2D eigenvalue weighted by Crippen LogP contribution is 2.21. The zero-order valence-corrected chi connectivity index (χ0v) is 9.77. The molecule has 0 saturated heterocycles. The van der Waals surface area contributed by atoms with Gasteiger partial charge in [-0.2, -0.15) is 0 Å². The Balaban J connectivity index is 0.000000771. The average Bonchev–Trinajstić information content (AvgIpc) is 2.82. The molecule has 0 spiro atoms. The molecule has 0 aliphatic rings. The molecule has 0 fully saturated rings. The number of nitro benzene ring substituents is 1. The van der Waals surface area contributed by atoms with Crippen LogP contribution in [-0.2, 0) is 4.94 Å². The lowest BCUT2D eigenvalue weighted by Crippen LogP contribution is -1.97. The van der Waals surface area contributed by atoms with Gasteiger partial charge in [-0.05, 0) is 12.1 Å². The monoisotopic (exact) mass is 254 g/mol. The molecule has 0 atom stereocenters. The van der Waals surface area contributed by atoms with Gasteiger partial charge in [0.25, 0.3) is 5.69 Å². The van der Waals surface area contributed by atoms with Crippen molar-refractivity contribution in [1.82, 2.24) is 4.98 Å². The topological polar surface area (TPSA) is 85.2 Å². The molecular weight excluding hydrogens is 243 g/mol. The number of non-ortho nitro benzene ring substituents is 1. The van der Waals surface area contributed by atoms with Crippen LogP contribution < -0.4 is 0 Å². The van der Waals surface area contributed by atoms with Gasteiger partial charge in [-0.3, -0.25) is 10.1 Å². The number of carbonyl (C=O) groups is 1. The number of hydrogen-bond acceptors (Lipinski definition) is 4. The van der Waals surface area contributed by atoms with Gasteiger partial charge in [0, 0.05) is 27.6 Å². The van der Waals surface area contributed by atoms with Gasteiger partial charge in [-0.25, -0.2) is 9.74 Å². The van der Waals surface area contributed by atoms with E-state index in [9.17, 15) is 19.4 Å². The fraction of sp³-hybridized carbons (Fsp3) is 0.182. The highest BCUT2D eigenvalue weighted by Gasteiger charge is 2.13. The van der Waals surface area contributed by atoms with Crippen LogP contribution in [0.5, 0.6) is 0 Å². The molecule has 0 aliphatic carbocycles. The van der Waals surface area contributed by atoms with Crippen molar-refractivity contribution in [3.05, 3.63) is 40.1 Å². The molecule has 18 heavy (non-hydrogen) atoms. The molecular formula is C11H11FN2O4. The van der Waals surface area contributed by atoms with Crippen LogP contribution in [0.25, 0.3) is 10.9 Å². The molecule has 96 valence electrons. The summed E-state index contributed by atoms with van der Waals surface area (Å²) >= 11 is 0. The number of benzene rings is 1. The SMILES string of the molecule is CC.O=C(OF)c1cc2cc([N+](=O)[O-])ccc2[nH]1. The lowest BCUT2D eigenvalue weighted by atomic mass is 10.2. The van der Waals surface area contributed by atoms with Crippen molar-refractivity contribution in [2.75, 3.05) is 0 Å². The van der Waals surface area contributed by atoms with Crippen molar-refractivity contribution in [2.45, 2.75) is 13.8 Å². The fourth-order valence-corrected chi connectivity index (χ4v) is 1.39. The Morgan fingerprint density at radius 3 is 2.61 bits per heavy atom. The Hall–Kier alpha value is -2.44. The Kier molecular flexibility index (Phi) is 4.36. The van der Waals surface area contributed by atoms with Crippen LogP contribution in [0.4, 0.5) is 10.2 Å². The van der Waals surface area contributed by atoms with Crippen LogP contribution in [-0.4, -0.2) is 15.9 Å². The largest absolute Gasteiger partial charge is 0.395 e. The van der Waals surface area contributed by atoms with Gasteiger partial charge in [-0.1, -0.05) is 13.8 Å². The van der Waals surface area contributed by atoms with E-state index in [0.717, 1.165) is 0 Å². The predicted molar refractivity (Wildman–Crippen MR) is 62.8 cm³/mol. The van der Waals surface area contributed by atoms with Crippen molar-refractivity contribution in [3.8, 4) is 0 Å². The molecule has 0 radical (unpaired) electrons. The summed E-state index contributed by atoms with van der Waals surface area (Å²) in [4.78, 5) is 26.4. The Morgan fingerprint density at radius 1 is 1.39 bits per heavy atom. The number of nitrogens with zero attached hydrogens (tertiary/aromatic N) is 1. The third-order valence-electron chi connectivity index (χ3n) is 2.11. The molecule has 2 rings (SSSR count). The van der Waals surface area contributed by atoms with Gasteiger partial charge in [0.2, 0.25) is 0 Å². The molecule has 0 unspecified atom stereocenters. The molecule has 1 aromatic heterocycles. The molecule has 1 heterocycles. The standard InChI is InChI=1S/C9H5FN2O4.C2H6/c10-16-9(13)8-4-5-3-6(12(14)15)1-2-7(5)11-8;1-2/h1-4,11H;1-2H3. The molecule has 2 aromatic rings. The number of hydrogen-bond donors (Lipinski definition) is 1. The van der Waals surface area contributed by atoms with Crippen LogP contribution in [0.15, 0.2) is 24.3 Å². The third kappa shape index (κ3) is 2.62. The van der Waals surface area contributed by atoms with Gasteiger partial charge in [0.1, 0.15) is 5.69 Å². The lowest BCUT2D eigenvalue weighted by molar-refractivity contribution is -0.384. The first-order valence-corrected chi connectivity index (χ1v) is 5.22. The van der Waals surface area contributed by atoms with Gasteiger partial charge in [-0.15, -0.1) is 0 Å². The summed E-state index contributed by atoms with van der Waals surface area (Å²) in [6.45, 7) is 4.00. The van der Waals surface area contributed by atoms with E-state index in [2.05, 4.69) is 9.93 Å². The first kappa shape index (κ1) is 13.6. The molecule has 0 amide bonds. The fourth-order valence-electron chi connectivity index (χ4n) is 1.39. The van der Waals surface area contributed by atoms with E-state index in [1.54, 1.807) is 0 Å². The van der Waals surface area contributed by atoms with E-state index >= 15 is 0 Å². The summed E-state index contributed by atoms with van der Waals surface area (Å²) in [6, 6.07) is 5.27. The minimum Gasteiger partial charge on any atom is -0.349 e. The molecule has 0 saturated carbocycles. The smallest absolute Gasteiger partial charge is 0.349 e. The van der Waals surface area contributed by atoms with Crippen LogP contribution in [0.3, 0.4) is 0 Å². The average molecular weight is 254 g/mol. The molecule has 1 aromatic carbocycles. The van der Waals surface area contributed by atoms with Crippen molar-refractivity contribution in [1.29, 1.82) is 0 Å². The molecule has 7 heteroatoms. The summed E-state index contributed by atoms with van der Waals surface area (Å²) < 4.78 is 11.6. The molecule has 1 N–H and O–H groups in total.